The molecule has 1 atom stereocenters. The molecule has 1 N–H and O–H groups in total. The number of carbonyl (C=O) groups is 2. The highest BCUT2D eigenvalue weighted by molar-refractivity contribution is 5.84. The van der Waals surface area contributed by atoms with Crippen LogP contribution < -0.4 is 0 Å². The number of aliphatic carboxylic acids is 1. The number of hydrogen-bond acceptors (Lipinski definition) is 2. The predicted molar refractivity (Wildman–Crippen MR) is 123 cm³/mol. The molecular formula is C25H47NO3. The zero-order chi connectivity index (χ0) is 21.7. The molecular weight excluding hydrogens is 362 g/mol. The summed E-state index contributed by atoms with van der Waals surface area (Å²) in [6.07, 6.45) is 22.0. The molecule has 0 aromatic heterocycles. The molecule has 0 aromatic rings. The molecule has 0 rings (SSSR count). The molecule has 0 saturated carbocycles. The Hall–Kier alpha value is -1.32. The fourth-order valence-electron chi connectivity index (χ4n) is 3.74. The van der Waals surface area contributed by atoms with Crippen LogP contribution in [0.2, 0.25) is 0 Å². The maximum absolute atomic E-state index is 12.4. The zero-order valence-corrected chi connectivity index (χ0v) is 19.5. The maximum atomic E-state index is 12.4. The van der Waals surface area contributed by atoms with Gasteiger partial charge in [-0.25, -0.2) is 0 Å². The number of rotatable bonds is 20. The highest BCUT2D eigenvalue weighted by Crippen LogP contribution is 2.14. The van der Waals surface area contributed by atoms with Crippen molar-refractivity contribution in [2.75, 3.05) is 13.1 Å². The van der Waals surface area contributed by atoms with Gasteiger partial charge in [0.15, 0.2) is 0 Å². The molecule has 0 aliphatic carbocycles. The van der Waals surface area contributed by atoms with Gasteiger partial charge < -0.3 is 10.0 Å². The second-order valence-corrected chi connectivity index (χ2v) is 8.17. The monoisotopic (exact) mass is 409 g/mol. The van der Waals surface area contributed by atoms with Crippen LogP contribution in [0.1, 0.15) is 117 Å². The van der Waals surface area contributed by atoms with Crippen LogP contribution >= 0.6 is 0 Å². The SMILES string of the molecule is CCCCCCCCCCCCCCC/C=C/C(CC(=O)O)C(=O)N(CC)CC. The van der Waals surface area contributed by atoms with Gasteiger partial charge in [0, 0.05) is 13.1 Å². The van der Waals surface area contributed by atoms with E-state index < -0.39 is 11.9 Å². The van der Waals surface area contributed by atoms with E-state index in [9.17, 15) is 9.59 Å². The van der Waals surface area contributed by atoms with Crippen LogP contribution in [-0.4, -0.2) is 35.0 Å². The molecule has 0 fully saturated rings. The van der Waals surface area contributed by atoms with Gasteiger partial charge in [-0.2, -0.15) is 0 Å². The summed E-state index contributed by atoms with van der Waals surface area (Å²) in [5.74, 6) is -1.52. The van der Waals surface area contributed by atoms with Crippen LogP contribution in [-0.2, 0) is 9.59 Å². The molecule has 0 aliphatic rings. The van der Waals surface area contributed by atoms with Crippen LogP contribution in [0, 0.1) is 5.92 Å². The van der Waals surface area contributed by atoms with Gasteiger partial charge in [0.05, 0.1) is 12.3 Å². The van der Waals surface area contributed by atoms with Gasteiger partial charge in [-0.3, -0.25) is 9.59 Å². The minimum atomic E-state index is -0.916. The van der Waals surface area contributed by atoms with Crippen molar-refractivity contribution >= 4 is 11.9 Å². The third-order valence-electron chi connectivity index (χ3n) is 5.63. The van der Waals surface area contributed by atoms with Gasteiger partial charge in [-0.15, -0.1) is 0 Å². The molecule has 1 amide bonds. The highest BCUT2D eigenvalue weighted by Gasteiger charge is 2.22. The quantitative estimate of drug-likeness (QED) is 0.174. The van der Waals surface area contributed by atoms with Crippen molar-refractivity contribution in [2.45, 2.75) is 117 Å². The lowest BCUT2D eigenvalue weighted by Crippen LogP contribution is -2.36. The Morgan fingerprint density at radius 1 is 0.759 bits per heavy atom. The summed E-state index contributed by atoms with van der Waals surface area (Å²) in [6.45, 7) is 7.37. The number of nitrogens with zero attached hydrogens (tertiary/aromatic N) is 1. The second-order valence-electron chi connectivity index (χ2n) is 8.17. The Bertz CT molecular complexity index is 430. The van der Waals surface area contributed by atoms with Crippen molar-refractivity contribution in [1.82, 2.24) is 4.90 Å². The Balaban J connectivity index is 3.78. The van der Waals surface area contributed by atoms with E-state index in [0.717, 1.165) is 12.8 Å². The second kappa shape index (κ2) is 20.0. The summed E-state index contributed by atoms with van der Waals surface area (Å²) in [5.41, 5.74) is 0. The van der Waals surface area contributed by atoms with Gasteiger partial charge in [-0.1, -0.05) is 96.1 Å². The van der Waals surface area contributed by atoms with Gasteiger partial charge in [0.2, 0.25) is 5.91 Å². The van der Waals surface area contributed by atoms with Gasteiger partial charge in [-0.05, 0) is 26.7 Å². The van der Waals surface area contributed by atoms with Crippen molar-refractivity contribution in [3.05, 3.63) is 12.2 Å². The van der Waals surface area contributed by atoms with E-state index >= 15 is 0 Å². The zero-order valence-electron chi connectivity index (χ0n) is 19.5. The van der Waals surface area contributed by atoms with E-state index in [1.54, 1.807) is 4.90 Å². The summed E-state index contributed by atoms with van der Waals surface area (Å²) in [4.78, 5) is 25.2. The molecule has 0 bridgehead atoms. The number of hydrogen-bond donors (Lipinski definition) is 1. The van der Waals surface area contributed by atoms with E-state index in [1.165, 1.54) is 77.0 Å². The summed E-state index contributed by atoms with van der Waals surface area (Å²) in [6, 6.07) is 0. The first kappa shape index (κ1) is 27.7. The standard InChI is InChI=1S/C25H47NO3/c1-4-7-8-9-10-11-12-13-14-15-16-17-18-19-20-21-23(22-24(27)28)25(29)26(5-2)6-3/h20-21,23H,4-19,22H2,1-3H3,(H,27,28)/b21-20+. The minimum Gasteiger partial charge on any atom is -0.481 e. The normalized spacial score (nSPS) is 12.4. The molecule has 29 heavy (non-hydrogen) atoms. The molecule has 1 unspecified atom stereocenters. The average Bonchev–Trinajstić information content (AvgIpc) is 2.70. The van der Waals surface area contributed by atoms with E-state index in [1.807, 2.05) is 26.0 Å². The van der Waals surface area contributed by atoms with E-state index in [4.69, 9.17) is 5.11 Å². The number of allylic oxidation sites excluding steroid dienone is 1. The third-order valence-corrected chi connectivity index (χ3v) is 5.63. The predicted octanol–water partition coefficient (Wildman–Crippen LogP) is 6.98. The van der Waals surface area contributed by atoms with Crippen LogP contribution in [0.25, 0.3) is 0 Å². The molecule has 4 heteroatoms. The lowest BCUT2D eigenvalue weighted by atomic mass is 10.0. The van der Waals surface area contributed by atoms with Gasteiger partial charge in [0.25, 0.3) is 0 Å². The van der Waals surface area contributed by atoms with Crippen LogP contribution in [0.4, 0.5) is 0 Å². The average molecular weight is 410 g/mol. The summed E-state index contributed by atoms with van der Waals surface area (Å²) in [5, 5.41) is 9.08. The molecule has 4 nitrogen and oxygen atoms in total. The summed E-state index contributed by atoms with van der Waals surface area (Å²) in [7, 11) is 0. The van der Waals surface area contributed by atoms with Crippen LogP contribution in [0.5, 0.6) is 0 Å². The molecule has 0 radical (unpaired) electrons. The summed E-state index contributed by atoms with van der Waals surface area (Å²) >= 11 is 0. The van der Waals surface area contributed by atoms with Gasteiger partial charge >= 0.3 is 5.97 Å². The molecule has 170 valence electrons. The number of amides is 1. The number of carbonyl (C=O) groups excluding carboxylic acids is 1. The van der Waals surface area contributed by atoms with Gasteiger partial charge in [0.1, 0.15) is 0 Å². The molecule has 0 spiro atoms. The minimum absolute atomic E-state index is 0.0704. The first-order valence-electron chi connectivity index (χ1n) is 12.2. The largest absolute Gasteiger partial charge is 0.481 e. The van der Waals surface area contributed by atoms with Crippen molar-refractivity contribution in [3.8, 4) is 0 Å². The van der Waals surface area contributed by atoms with Crippen molar-refractivity contribution in [2.24, 2.45) is 5.92 Å². The molecule has 0 saturated heterocycles. The third kappa shape index (κ3) is 16.2. The van der Waals surface area contributed by atoms with Crippen molar-refractivity contribution in [1.29, 1.82) is 0 Å². The highest BCUT2D eigenvalue weighted by atomic mass is 16.4. The fraction of sp³-hybridized carbons (Fsp3) is 0.840. The topological polar surface area (TPSA) is 57.6 Å². The fourth-order valence-corrected chi connectivity index (χ4v) is 3.74. The lowest BCUT2D eigenvalue weighted by Gasteiger charge is -2.22. The number of carboxylic acids is 1. The van der Waals surface area contributed by atoms with Crippen molar-refractivity contribution in [3.63, 3.8) is 0 Å². The summed E-state index contributed by atoms with van der Waals surface area (Å²) < 4.78 is 0. The Labute approximate surface area is 180 Å². The number of carboxylic acid groups (broad SMARTS) is 1. The van der Waals surface area contributed by atoms with Crippen LogP contribution in [0.15, 0.2) is 12.2 Å². The lowest BCUT2D eigenvalue weighted by molar-refractivity contribution is -0.143. The molecule has 0 aliphatic heterocycles. The number of unbranched alkanes of at least 4 members (excludes halogenated alkanes) is 13. The molecule has 0 aromatic carbocycles. The maximum Gasteiger partial charge on any atom is 0.304 e. The first-order chi connectivity index (χ1) is 14.1. The van der Waals surface area contributed by atoms with E-state index in [2.05, 4.69) is 6.92 Å². The Kier molecular flexibility index (Phi) is 19.1. The van der Waals surface area contributed by atoms with Crippen molar-refractivity contribution < 1.29 is 14.7 Å². The van der Waals surface area contributed by atoms with E-state index in [-0.39, 0.29) is 12.3 Å². The smallest absolute Gasteiger partial charge is 0.304 e. The Morgan fingerprint density at radius 2 is 1.21 bits per heavy atom. The molecule has 0 heterocycles. The van der Waals surface area contributed by atoms with E-state index in [0.29, 0.717) is 13.1 Å². The Morgan fingerprint density at radius 3 is 1.62 bits per heavy atom. The van der Waals surface area contributed by atoms with Crippen LogP contribution in [0.3, 0.4) is 0 Å². The first-order valence-corrected chi connectivity index (χ1v) is 12.2.